The lowest BCUT2D eigenvalue weighted by atomic mass is 10.1. The van der Waals surface area contributed by atoms with Crippen molar-refractivity contribution >= 4 is 22.1 Å². The molecule has 1 unspecified atom stereocenters. The van der Waals surface area contributed by atoms with Crippen LogP contribution < -0.4 is 0 Å². The standard InChI is InChI=1S/C19H27N3O2S2/c1-15(2)11-21(17-9-10-26(23,24)13-17)14-22-12-18(20(3)19(22)25)16-7-5-4-6-8-16/h4-8,12,15,17H,9-11,13-14H2,1-3H3. The molecule has 1 aliphatic heterocycles. The van der Waals surface area contributed by atoms with Crippen LogP contribution in [0, 0.1) is 10.7 Å². The van der Waals surface area contributed by atoms with E-state index in [1.807, 2.05) is 29.8 Å². The van der Waals surface area contributed by atoms with Crippen molar-refractivity contribution in [2.45, 2.75) is 33.0 Å². The van der Waals surface area contributed by atoms with Crippen molar-refractivity contribution in [2.24, 2.45) is 13.0 Å². The molecule has 1 atom stereocenters. The smallest absolute Gasteiger partial charge is 0.181 e. The Labute approximate surface area is 161 Å². The molecule has 3 rings (SSSR count). The Morgan fingerprint density at radius 1 is 1.27 bits per heavy atom. The normalized spacial score (nSPS) is 19.5. The van der Waals surface area contributed by atoms with Crippen LogP contribution in [-0.4, -0.2) is 46.5 Å². The third-order valence-corrected chi connectivity index (χ3v) is 7.16. The van der Waals surface area contributed by atoms with Crippen LogP contribution in [0.5, 0.6) is 0 Å². The van der Waals surface area contributed by atoms with Crippen molar-refractivity contribution in [1.82, 2.24) is 14.0 Å². The highest BCUT2D eigenvalue weighted by Gasteiger charge is 2.32. The maximum absolute atomic E-state index is 11.9. The van der Waals surface area contributed by atoms with Gasteiger partial charge in [-0.05, 0) is 30.1 Å². The number of sulfone groups is 1. The van der Waals surface area contributed by atoms with E-state index in [-0.39, 0.29) is 11.8 Å². The Bertz CT molecular complexity index is 914. The molecule has 0 radical (unpaired) electrons. The van der Waals surface area contributed by atoms with Crippen molar-refractivity contribution in [3.8, 4) is 11.3 Å². The summed E-state index contributed by atoms with van der Waals surface area (Å²) < 4.78 is 28.7. The van der Waals surface area contributed by atoms with E-state index in [4.69, 9.17) is 12.2 Å². The third kappa shape index (κ3) is 4.27. The van der Waals surface area contributed by atoms with Crippen LogP contribution in [0.4, 0.5) is 0 Å². The molecular weight excluding hydrogens is 366 g/mol. The molecule has 0 saturated carbocycles. The average molecular weight is 394 g/mol. The largest absolute Gasteiger partial charge is 0.320 e. The molecule has 1 aromatic heterocycles. The molecule has 1 aromatic carbocycles. The van der Waals surface area contributed by atoms with Crippen molar-refractivity contribution in [1.29, 1.82) is 0 Å². The molecule has 2 aromatic rings. The molecular formula is C19H27N3O2S2. The summed E-state index contributed by atoms with van der Waals surface area (Å²) in [5.74, 6) is 1.01. The summed E-state index contributed by atoms with van der Waals surface area (Å²) in [7, 11) is -0.927. The lowest BCUT2D eigenvalue weighted by molar-refractivity contribution is 0.145. The van der Waals surface area contributed by atoms with Gasteiger partial charge in [-0.25, -0.2) is 8.42 Å². The molecule has 0 bridgehead atoms. The summed E-state index contributed by atoms with van der Waals surface area (Å²) in [6.45, 7) is 5.81. The first-order valence-corrected chi connectivity index (χ1v) is 11.3. The van der Waals surface area contributed by atoms with E-state index >= 15 is 0 Å². The second-order valence-corrected chi connectivity index (χ2v) is 10.1. The van der Waals surface area contributed by atoms with Gasteiger partial charge in [0.1, 0.15) is 0 Å². The first-order chi connectivity index (χ1) is 12.3. The summed E-state index contributed by atoms with van der Waals surface area (Å²) in [6.07, 6.45) is 2.79. The van der Waals surface area contributed by atoms with E-state index in [9.17, 15) is 8.42 Å². The fourth-order valence-electron chi connectivity index (χ4n) is 3.61. The average Bonchev–Trinajstić information content (AvgIpc) is 3.09. The second kappa shape index (κ2) is 7.66. The molecule has 142 valence electrons. The van der Waals surface area contributed by atoms with Gasteiger partial charge in [0.25, 0.3) is 0 Å². The Balaban J connectivity index is 1.89. The number of hydrogen-bond donors (Lipinski definition) is 0. The summed E-state index contributed by atoms with van der Waals surface area (Å²) in [6, 6.07) is 10.3. The highest BCUT2D eigenvalue weighted by atomic mass is 32.2. The predicted molar refractivity (Wildman–Crippen MR) is 108 cm³/mol. The van der Waals surface area contributed by atoms with E-state index in [0.29, 0.717) is 24.8 Å². The van der Waals surface area contributed by atoms with Crippen LogP contribution in [0.25, 0.3) is 11.3 Å². The number of rotatable bonds is 6. The van der Waals surface area contributed by atoms with Gasteiger partial charge in [0.2, 0.25) is 0 Å². The Morgan fingerprint density at radius 3 is 2.54 bits per heavy atom. The van der Waals surface area contributed by atoms with Crippen molar-refractivity contribution < 1.29 is 8.42 Å². The SMILES string of the molecule is CC(C)CN(Cn1cc(-c2ccccc2)n(C)c1=S)C1CCS(=O)(=O)C1. The lowest BCUT2D eigenvalue weighted by Crippen LogP contribution is -2.40. The van der Waals surface area contributed by atoms with Gasteiger partial charge in [-0.1, -0.05) is 44.2 Å². The van der Waals surface area contributed by atoms with Crippen LogP contribution in [-0.2, 0) is 23.6 Å². The summed E-state index contributed by atoms with van der Waals surface area (Å²) in [5.41, 5.74) is 2.19. The Hall–Kier alpha value is -1.44. The third-order valence-electron chi connectivity index (χ3n) is 4.90. The molecule has 1 fully saturated rings. The molecule has 0 amide bonds. The number of hydrogen-bond acceptors (Lipinski definition) is 4. The first kappa shape index (κ1) is 19.3. The van der Waals surface area contributed by atoms with E-state index in [2.05, 4.69) is 41.6 Å². The minimum absolute atomic E-state index is 0.0738. The fraction of sp³-hybridized carbons (Fsp3) is 0.526. The molecule has 0 spiro atoms. The summed E-state index contributed by atoms with van der Waals surface area (Å²) in [4.78, 5) is 2.28. The van der Waals surface area contributed by atoms with Crippen LogP contribution in [0.2, 0.25) is 0 Å². The quantitative estimate of drug-likeness (QED) is 0.707. The highest BCUT2D eigenvalue weighted by molar-refractivity contribution is 7.91. The maximum Gasteiger partial charge on any atom is 0.181 e. The van der Waals surface area contributed by atoms with E-state index in [0.717, 1.165) is 22.6 Å². The topological polar surface area (TPSA) is 47.2 Å². The van der Waals surface area contributed by atoms with Crippen LogP contribution in [0.1, 0.15) is 20.3 Å². The van der Waals surface area contributed by atoms with Crippen LogP contribution in [0.15, 0.2) is 36.5 Å². The molecule has 1 saturated heterocycles. The van der Waals surface area contributed by atoms with Gasteiger partial charge in [0, 0.05) is 25.8 Å². The maximum atomic E-state index is 11.9. The molecule has 26 heavy (non-hydrogen) atoms. The minimum atomic E-state index is -2.91. The molecule has 5 nitrogen and oxygen atoms in total. The summed E-state index contributed by atoms with van der Waals surface area (Å²) >= 11 is 5.65. The first-order valence-electron chi connectivity index (χ1n) is 9.03. The molecule has 0 aliphatic carbocycles. The molecule has 1 aliphatic rings. The fourth-order valence-corrected chi connectivity index (χ4v) is 5.58. The van der Waals surface area contributed by atoms with Gasteiger partial charge in [-0.15, -0.1) is 0 Å². The van der Waals surface area contributed by atoms with E-state index < -0.39 is 9.84 Å². The highest BCUT2D eigenvalue weighted by Crippen LogP contribution is 2.23. The number of benzene rings is 1. The zero-order valence-corrected chi connectivity index (χ0v) is 17.3. The monoisotopic (exact) mass is 393 g/mol. The van der Waals surface area contributed by atoms with Crippen molar-refractivity contribution in [3.05, 3.63) is 41.3 Å². The predicted octanol–water partition coefficient (Wildman–Crippen LogP) is 3.33. The van der Waals surface area contributed by atoms with E-state index in [1.54, 1.807) is 0 Å². The molecule has 0 N–H and O–H groups in total. The number of nitrogens with zero attached hydrogens (tertiary/aromatic N) is 3. The zero-order valence-electron chi connectivity index (χ0n) is 15.6. The van der Waals surface area contributed by atoms with E-state index in [1.165, 1.54) is 0 Å². The van der Waals surface area contributed by atoms with Crippen LogP contribution in [0.3, 0.4) is 0 Å². The molecule has 2 heterocycles. The van der Waals surface area contributed by atoms with Gasteiger partial charge in [0.15, 0.2) is 14.6 Å². The number of imidazole rings is 1. The number of aromatic nitrogens is 2. The Morgan fingerprint density at radius 2 is 1.96 bits per heavy atom. The van der Waals surface area contributed by atoms with Gasteiger partial charge in [-0.2, -0.15) is 0 Å². The van der Waals surface area contributed by atoms with Crippen molar-refractivity contribution in [2.75, 3.05) is 18.1 Å². The second-order valence-electron chi connectivity index (χ2n) is 7.56. The Kier molecular flexibility index (Phi) is 5.69. The zero-order chi connectivity index (χ0) is 18.9. The van der Waals surface area contributed by atoms with Gasteiger partial charge >= 0.3 is 0 Å². The van der Waals surface area contributed by atoms with Gasteiger partial charge in [-0.3, -0.25) is 4.90 Å². The summed E-state index contributed by atoms with van der Waals surface area (Å²) in [5, 5.41) is 0. The minimum Gasteiger partial charge on any atom is -0.320 e. The van der Waals surface area contributed by atoms with Gasteiger partial charge < -0.3 is 9.13 Å². The lowest BCUT2D eigenvalue weighted by Gasteiger charge is -2.29. The molecule has 7 heteroatoms. The van der Waals surface area contributed by atoms with Crippen molar-refractivity contribution in [3.63, 3.8) is 0 Å². The van der Waals surface area contributed by atoms with Gasteiger partial charge in [0.05, 0.1) is 23.9 Å². The van der Waals surface area contributed by atoms with Crippen LogP contribution >= 0.6 is 12.2 Å².